The molecule has 1 saturated heterocycles. The summed E-state index contributed by atoms with van der Waals surface area (Å²) in [4.78, 5) is 9.29. The van der Waals surface area contributed by atoms with Crippen molar-refractivity contribution in [2.24, 2.45) is 0 Å². The van der Waals surface area contributed by atoms with E-state index >= 15 is 0 Å². The summed E-state index contributed by atoms with van der Waals surface area (Å²) in [5.74, 6) is 0.251. The zero-order valence-corrected chi connectivity index (χ0v) is 16.5. The first-order valence-corrected chi connectivity index (χ1v) is 10.2. The SMILES string of the molecule is Nc1ncnc2c1c(Sc1ccc3ccccc3c1)nn2[C@@H]1O[C@@H](CO)[C@@H](O)[C@H]1O. The molecule has 1 aliphatic rings. The van der Waals surface area contributed by atoms with Gasteiger partial charge in [-0.25, -0.2) is 14.6 Å². The largest absolute Gasteiger partial charge is 0.394 e. The minimum atomic E-state index is -1.28. The van der Waals surface area contributed by atoms with Gasteiger partial charge in [0.2, 0.25) is 0 Å². The first kappa shape index (κ1) is 19.2. The van der Waals surface area contributed by atoms with Crippen molar-refractivity contribution in [3.8, 4) is 0 Å². The van der Waals surface area contributed by atoms with Gasteiger partial charge in [0.05, 0.1) is 12.0 Å². The number of nitrogens with two attached hydrogens (primary N) is 1. The molecular weight excluding hydrogens is 406 g/mol. The van der Waals surface area contributed by atoms with Crippen molar-refractivity contribution < 1.29 is 20.1 Å². The Morgan fingerprint density at radius 3 is 2.63 bits per heavy atom. The van der Waals surface area contributed by atoms with Gasteiger partial charge >= 0.3 is 0 Å². The van der Waals surface area contributed by atoms with Gasteiger partial charge in [-0.2, -0.15) is 5.10 Å². The Morgan fingerprint density at radius 2 is 1.87 bits per heavy atom. The summed E-state index contributed by atoms with van der Waals surface area (Å²) in [5, 5.41) is 37.8. The second-order valence-corrected chi connectivity index (χ2v) is 8.11. The predicted molar refractivity (Wildman–Crippen MR) is 111 cm³/mol. The molecule has 3 heterocycles. The highest BCUT2D eigenvalue weighted by molar-refractivity contribution is 7.99. The number of ether oxygens (including phenoxy) is 1. The number of nitrogens with zero attached hydrogens (tertiary/aromatic N) is 4. The van der Waals surface area contributed by atoms with Crippen LogP contribution in [0, 0.1) is 0 Å². The molecule has 2 aromatic carbocycles. The van der Waals surface area contributed by atoms with Gasteiger partial charge < -0.3 is 25.8 Å². The second kappa shape index (κ2) is 7.49. The standard InChI is InChI=1S/C20H19N5O4S/c21-17-14-18(23-9-22-17)25(20-16(28)15(27)13(8-26)29-20)24-19(14)30-12-6-5-10-3-1-2-4-11(10)7-12/h1-7,9,13,15-16,20,26-28H,8H2,(H2,21,22,23)/t13-,15+,16+,20+/m0/s1. The van der Waals surface area contributed by atoms with Gasteiger partial charge in [-0.15, -0.1) is 0 Å². The minimum Gasteiger partial charge on any atom is -0.394 e. The summed E-state index contributed by atoms with van der Waals surface area (Å²) >= 11 is 1.39. The lowest BCUT2D eigenvalue weighted by atomic mass is 10.1. The monoisotopic (exact) mass is 425 g/mol. The van der Waals surface area contributed by atoms with Crippen LogP contribution in [0.4, 0.5) is 5.82 Å². The number of hydrogen-bond donors (Lipinski definition) is 4. The highest BCUT2D eigenvalue weighted by atomic mass is 32.2. The van der Waals surface area contributed by atoms with Crippen molar-refractivity contribution in [1.82, 2.24) is 19.7 Å². The number of fused-ring (bicyclic) bond motifs is 2. The second-order valence-electron chi connectivity index (χ2n) is 7.05. The first-order valence-electron chi connectivity index (χ1n) is 9.34. The van der Waals surface area contributed by atoms with Crippen molar-refractivity contribution >= 4 is 39.4 Å². The number of rotatable bonds is 4. The van der Waals surface area contributed by atoms with Crippen molar-refractivity contribution in [2.45, 2.75) is 34.5 Å². The number of hydrogen-bond acceptors (Lipinski definition) is 9. The number of anilines is 1. The molecule has 2 aromatic heterocycles. The number of nitrogen functional groups attached to an aromatic ring is 1. The molecule has 4 atom stereocenters. The minimum absolute atomic E-state index is 0.251. The van der Waals surface area contributed by atoms with Crippen molar-refractivity contribution in [2.75, 3.05) is 12.3 Å². The molecule has 0 aliphatic carbocycles. The van der Waals surface area contributed by atoms with Crippen LogP contribution >= 0.6 is 11.8 Å². The molecule has 1 aliphatic heterocycles. The fourth-order valence-corrected chi connectivity index (χ4v) is 4.61. The topological polar surface area (TPSA) is 140 Å². The fraction of sp³-hybridized carbons (Fsp3) is 0.250. The van der Waals surface area contributed by atoms with E-state index in [1.807, 2.05) is 36.4 Å². The molecule has 1 fully saturated rings. The van der Waals surface area contributed by atoms with Crippen LogP contribution in [0.3, 0.4) is 0 Å². The molecule has 4 aromatic rings. The molecule has 0 bridgehead atoms. The average Bonchev–Trinajstić information content (AvgIpc) is 3.26. The van der Waals surface area contributed by atoms with Crippen LogP contribution in [0.5, 0.6) is 0 Å². The Bertz CT molecular complexity index is 1230. The third-order valence-electron chi connectivity index (χ3n) is 5.18. The summed E-state index contributed by atoms with van der Waals surface area (Å²) in [5.41, 5.74) is 6.49. The van der Waals surface area contributed by atoms with Crippen LogP contribution in [0.1, 0.15) is 6.23 Å². The van der Waals surface area contributed by atoms with Crippen molar-refractivity contribution in [3.63, 3.8) is 0 Å². The third-order valence-corrected chi connectivity index (χ3v) is 6.15. The lowest BCUT2D eigenvalue weighted by Crippen LogP contribution is -2.33. The van der Waals surface area contributed by atoms with E-state index in [4.69, 9.17) is 10.5 Å². The van der Waals surface area contributed by atoms with Gasteiger partial charge in [-0.3, -0.25) is 0 Å². The summed E-state index contributed by atoms with van der Waals surface area (Å²) < 4.78 is 7.02. The van der Waals surface area contributed by atoms with E-state index in [1.165, 1.54) is 22.8 Å². The predicted octanol–water partition coefficient (Wildman–Crippen LogP) is 1.32. The van der Waals surface area contributed by atoms with E-state index in [9.17, 15) is 15.3 Å². The summed E-state index contributed by atoms with van der Waals surface area (Å²) in [6, 6.07) is 14.1. The van der Waals surface area contributed by atoms with Gasteiger partial charge in [0, 0.05) is 4.90 Å². The smallest absolute Gasteiger partial charge is 0.181 e. The number of benzene rings is 2. The maximum atomic E-state index is 10.4. The van der Waals surface area contributed by atoms with Gasteiger partial charge in [0.25, 0.3) is 0 Å². The lowest BCUT2D eigenvalue weighted by molar-refractivity contribution is -0.0571. The van der Waals surface area contributed by atoms with Crippen LogP contribution in [-0.2, 0) is 4.74 Å². The van der Waals surface area contributed by atoms with E-state index in [1.54, 1.807) is 0 Å². The van der Waals surface area contributed by atoms with Gasteiger partial charge in [-0.05, 0) is 22.9 Å². The molecule has 5 N–H and O–H groups in total. The van der Waals surface area contributed by atoms with E-state index < -0.39 is 31.1 Å². The maximum absolute atomic E-state index is 10.4. The number of aliphatic hydroxyl groups excluding tert-OH is 3. The molecule has 10 heteroatoms. The highest BCUT2D eigenvalue weighted by Crippen LogP contribution is 2.38. The van der Waals surface area contributed by atoms with Crippen LogP contribution in [0.2, 0.25) is 0 Å². The molecule has 5 rings (SSSR count). The van der Waals surface area contributed by atoms with Crippen LogP contribution < -0.4 is 5.73 Å². The Balaban J connectivity index is 1.59. The summed E-state index contributed by atoms with van der Waals surface area (Å²) in [6.45, 7) is -0.427. The lowest BCUT2D eigenvalue weighted by Gasteiger charge is -2.15. The fourth-order valence-electron chi connectivity index (χ4n) is 3.64. The van der Waals surface area contributed by atoms with Crippen molar-refractivity contribution in [1.29, 1.82) is 0 Å². The van der Waals surface area contributed by atoms with Crippen LogP contribution in [0.25, 0.3) is 21.8 Å². The Labute approximate surface area is 175 Å². The molecule has 0 amide bonds. The van der Waals surface area contributed by atoms with E-state index in [0.29, 0.717) is 16.1 Å². The van der Waals surface area contributed by atoms with E-state index in [2.05, 4.69) is 21.1 Å². The van der Waals surface area contributed by atoms with Crippen LogP contribution in [0.15, 0.2) is 58.7 Å². The van der Waals surface area contributed by atoms with Gasteiger partial charge in [0.15, 0.2) is 11.9 Å². The zero-order valence-electron chi connectivity index (χ0n) is 15.7. The number of aliphatic hydroxyl groups is 3. The average molecular weight is 425 g/mol. The van der Waals surface area contributed by atoms with Gasteiger partial charge in [-0.1, -0.05) is 42.1 Å². The molecule has 0 unspecified atom stereocenters. The third kappa shape index (κ3) is 3.09. The van der Waals surface area contributed by atoms with E-state index in [-0.39, 0.29) is 5.82 Å². The molecule has 30 heavy (non-hydrogen) atoms. The molecule has 0 radical (unpaired) electrons. The zero-order chi connectivity index (χ0) is 20.8. The summed E-state index contributed by atoms with van der Waals surface area (Å²) in [7, 11) is 0. The maximum Gasteiger partial charge on any atom is 0.181 e. The van der Waals surface area contributed by atoms with Crippen LogP contribution in [-0.4, -0.2) is 60.0 Å². The molecular formula is C20H19N5O4S. The molecule has 0 spiro atoms. The highest BCUT2D eigenvalue weighted by Gasteiger charge is 2.44. The van der Waals surface area contributed by atoms with Crippen molar-refractivity contribution in [3.05, 3.63) is 48.8 Å². The Kier molecular flexibility index (Phi) is 4.80. The van der Waals surface area contributed by atoms with Gasteiger partial charge in [0.1, 0.15) is 35.5 Å². The molecule has 154 valence electrons. The Hall–Kier alpha value is -2.76. The summed E-state index contributed by atoms with van der Waals surface area (Å²) in [6.07, 6.45) is -3.14. The molecule has 0 saturated carbocycles. The number of aromatic nitrogens is 4. The molecule has 9 nitrogen and oxygen atoms in total. The Morgan fingerprint density at radius 1 is 1.07 bits per heavy atom. The normalized spacial score (nSPS) is 24.1. The van der Waals surface area contributed by atoms with E-state index in [0.717, 1.165) is 15.7 Å². The first-order chi connectivity index (χ1) is 14.6. The quantitative estimate of drug-likeness (QED) is 0.381.